The highest BCUT2D eigenvalue weighted by molar-refractivity contribution is 6.31. The second-order valence-electron chi connectivity index (χ2n) is 6.79. The fourth-order valence-corrected chi connectivity index (χ4v) is 3.95. The Labute approximate surface area is 163 Å². The van der Waals surface area contributed by atoms with Crippen LogP contribution in [0.5, 0.6) is 0 Å². The van der Waals surface area contributed by atoms with Gasteiger partial charge in [-0.15, -0.1) is 0 Å². The lowest BCUT2D eigenvalue weighted by molar-refractivity contribution is 0.0900. The van der Waals surface area contributed by atoms with E-state index in [0.29, 0.717) is 10.6 Å². The quantitative estimate of drug-likeness (QED) is 0.613. The van der Waals surface area contributed by atoms with Crippen molar-refractivity contribution in [2.24, 2.45) is 5.92 Å². The number of anilines is 1. The Morgan fingerprint density at radius 3 is 2.59 bits per heavy atom. The SMILES string of the molecule is N#Cc1cnc2ccc(Cl)cc2c1N1CCC(C(=O)c2ccccc2)CC1. The summed E-state index contributed by atoms with van der Waals surface area (Å²) in [5, 5.41) is 11.1. The molecule has 0 radical (unpaired) electrons. The summed E-state index contributed by atoms with van der Waals surface area (Å²) in [6, 6.07) is 17.2. The molecule has 4 rings (SSSR count). The Hall–Kier alpha value is -2.90. The molecule has 0 spiro atoms. The molecule has 0 atom stereocenters. The molecule has 0 bridgehead atoms. The largest absolute Gasteiger partial charge is 0.370 e. The molecule has 1 fully saturated rings. The van der Waals surface area contributed by atoms with E-state index in [2.05, 4.69) is 16.0 Å². The molecule has 4 nitrogen and oxygen atoms in total. The molecule has 134 valence electrons. The third-order valence-electron chi connectivity index (χ3n) is 5.16. The van der Waals surface area contributed by atoms with Crippen molar-refractivity contribution < 1.29 is 4.79 Å². The molecule has 0 saturated carbocycles. The summed E-state index contributed by atoms with van der Waals surface area (Å²) in [5.74, 6) is 0.226. The molecule has 2 aromatic carbocycles. The first kappa shape index (κ1) is 17.5. The van der Waals surface area contributed by atoms with Crippen LogP contribution in [-0.2, 0) is 0 Å². The van der Waals surface area contributed by atoms with Crippen molar-refractivity contribution in [3.63, 3.8) is 0 Å². The van der Waals surface area contributed by atoms with E-state index in [-0.39, 0.29) is 11.7 Å². The van der Waals surface area contributed by atoms with Crippen LogP contribution in [0.25, 0.3) is 10.9 Å². The first-order chi connectivity index (χ1) is 13.2. The third kappa shape index (κ3) is 3.39. The van der Waals surface area contributed by atoms with Gasteiger partial charge in [-0.1, -0.05) is 41.9 Å². The zero-order valence-electron chi connectivity index (χ0n) is 14.7. The number of rotatable bonds is 3. The Morgan fingerprint density at radius 2 is 1.89 bits per heavy atom. The van der Waals surface area contributed by atoms with E-state index < -0.39 is 0 Å². The molecular weight excluding hydrogens is 358 g/mol. The third-order valence-corrected chi connectivity index (χ3v) is 5.40. The number of halogens is 1. The second-order valence-corrected chi connectivity index (χ2v) is 7.22. The average molecular weight is 376 g/mol. The standard InChI is InChI=1S/C22H18ClN3O/c23-18-6-7-20-19(12-18)21(17(13-24)14-25-20)26-10-8-16(9-11-26)22(27)15-4-2-1-3-5-15/h1-7,12,14,16H,8-11H2. The molecule has 27 heavy (non-hydrogen) atoms. The molecule has 1 aliphatic heterocycles. The molecule has 1 saturated heterocycles. The van der Waals surface area contributed by atoms with Crippen LogP contribution in [0.4, 0.5) is 5.69 Å². The Kier molecular flexibility index (Phi) is 4.79. The summed E-state index contributed by atoms with van der Waals surface area (Å²) in [4.78, 5) is 19.3. The number of hydrogen-bond donors (Lipinski definition) is 0. The van der Waals surface area contributed by atoms with Crippen LogP contribution < -0.4 is 4.90 Å². The van der Waals surface area contributed by atoms with Gasteiger partial charge in [-0.3, -0.25) is 9.78 Å². The van der Waals surface area contributed by atoms with Gasteiger partial charge in [0.1, 0.15) is 6.07 Å². The summed E-state index contributed by atoms with van der Waals surface area (Å²) in [6.07, 6.45) is 3.15. The number of aromatic nitrogens is 1. The van der Waals surface area contributed by atoms with Crippen molar-refractivity contribution in [1.29, 1.82) is 5.26 Å². The lowest BCUT2D eigenvalue weighted by atomic mass is 9.88. The number of piperidine rings is 1. The summed E-state index contributed by atoms with van der Waals surface area (Å²) >= 11 is 6.18. The number of ketones is 1. The van der Waals surface area contributed by atoms with Crippen LogP contribution in [0.3, 0.4) is 0 Å². The lowest BCUT2D eigenvalue weighted by Gasteiger charge is -2.34. The average Bonchev–Trinajstić information content (AvgIpc) is 2.73. The maximum absolute atomic E-state index is 12.7. The van der Waals surface area contributed by atoms with E-state index in [0.717, 1.165) is 48.1 Å². The topological polar surface area (TPSA) is 57.0 Å². The van der Waals surface area contributed by atoms with Crippen molar-refractivity contribution in [3.05, 3.63) is 70.9 Å². The number of fused-ring (bicyclic) bond motifs is 1. The first-order valence-electron chi connectivity index (χ1n) is 9.00. The van der Waals surface area contributed by atoms with Crippen LogP contribution in [0.2, 0.25) is 5.02 Å². The maximum atomic E-state index is 12.7. The maximum Gasteiger partial charge on any atom is 0.166 e. The number of carbonyl (C=O) groups excluding carboxylic acids is 1. The van der Waals surface area contributed by atoms with Gasteiger partial charge in [0.25, 0.3) is 0 Å². The number of benzene rings is 2. The molecule has 0 unspecified atom stereocenters. The van der Waals surface area contributed by atoms with E-state index in [1.807, 2.05) is 42.5 Å². The van der Waals surface area contributed by atoms with Crippen molar-refractivity contribution in [2.75, 3.05) is 18.0 Å². The summed E-state index contributed by atoms with van der Waals surface area (Å²) in [7, 11) is 0. The zero-order chi connectivity index (χ0) is 18.8. The fourth-order valence-electron chi connectivity index (χ4n) is 3.78. The fraction of sp³-hybridized carbons (Fsp3) is 0.227. The van der Waals surface area contributed by atoms with Crippen LogP contribution in [0.1, 0.15) is 28.8 Å². The minimum atomic E-state index is 0.0193. The normalized spacial score (nSPS) is 14.9. The van der Waals surface area contributed by atoms with Crippen LogP contribution >= 0.6 is 11.6 Å². The molecule has 0 amide bonds. The van der Waals surface area contributed by atoms with Gasteiger partial charge in [0, 0.05) is 41.2 Å². The Balaban J connectivity index is 1.61. The van der Waals surface area contributed by atoms with Gasteiger partial charge in [-0.2, -0.15) is 5.26 Å². The van der Waals surface area contributed by atoms with Crippen LogP contribution in [-0.4, -0.2) is 23.9 Å². The summed E-state index contributed by atoms with van der Waals surface area (Å²) in [6.45, 7) is 1.45. The molecule has 0 aliphatic carbocycles. The van der Waals surface area contributed by atoms with Crippen LogP contribution in [0, 0.1) is 17.2 Å². The van der Waals surface area contributed by atoms with Gasteiger partial charge < -0.3 is 4.90 Å². The van der Waals surface area contributed by atoms with E-state index in [4.69, 9.17) is 11.6 Å². The number of hydrogen-bond acceptors (Lipinski definition) is 4. The van der Waals surface area contributed by atoms with E-state index in [1.165, 1.54) is 0 Å². The van der Waals surface area contributed by atoms with Crippen LogP contribution in [0.15, 0.2) is 54.7 Å². The number of carbonyl (C=O) groups is 1. The molecule has 5 heteroatoms. The van der Waals surface area contributed by atoms with Gasteiger partial charge in [0.05, 0.1) is 16.8 Å². The summed E-state index contributed by atoms with van der Waals surface area (Å²) < 4.78 is 0. The number of nitrogens with zero attached hydrogens (tertiary/aromatic N) is 3. The van der Waals surface area contributed by atoms with E-state index in [1.54, 1.807) is 12.3 Å². The van der Waals surface area contributed by atoms with Crippen molar-refractivity contribution in [1.82, 2.24) is 4.98 Å². The Bertz CT molecular complexity index is 1030. The highest BCUT2D eigenvalue weighted by atomic mass is 35.5. The molecular formula is C22H18ClN3O. The van der Waals surface area contributed by atoms with Gasteiger partial charge in [-0.05, 0) is 31.0 Å². The van der Waals surface area contributed by atoms with E-state index in [9.17, 15) is 10.1 Å². The molecule has 1 aliphatic rings. The van der Waals surface area contributed by atoms with Gasteiger partial charge in [-0.25, -0.2) is 0 Å². The number of Topliss-reactive ketones (excluding diaryl/α,β-unsaturated/α-hetero) is 1. The van der Waals surface area contributed by atoms with Gasteiger partial charge >= 0.3 is 0 Å². The second kappa shape index (κ2) is 7.38. The van der Waals surface area contributed by atoms with Gasteiger partial charge in [0.2, 0.25) is 0 Å². The minimum Gasteiger partial charge on any atom is -0.370 e. The van der Waals surface area contributed by atoms with Gasteiger partial charge in [0.15, 0.2) is 5.78 Å². The molecule has 1 aromatic heterocycles. The molecule has 0 N–H and O–H groups in total. The molecule has 2 heterocycles. The minimum absolute atomic E-state index is 0.0193. The highest BCUT2D eigenvalue weighted by Crippen LogP contribution is 2.34. The zero-order valence-corrected chi connectivity index (χ0v) is 15.5. The lowest BCUT2D eigenvalue weighted by Crippen LogP contribution is -2.37. The Morgan fingerprint density at radius 1 is 1.15 bits per heavy atom. The van der Waals surface area contributed by atoms with E-state index >= 15 is 0 Å². The predicted molar refractivity (Wildman–Crippen MR) is 107 cm³/mol. The monoisotopic (exact) mass is 375 g/mol. The van der Waals surface area contributed by atoms with Crippen molar-refractivity contribution in [2.45, 2.75) is 12.8 Å². The summed E-state index contributed by atoms with van der Waals surface area (Å²) in [5.41, 5.74) is 3.00. The number of nitriles is 1. The first-order valence-corrected chi connectivity index (χ1v) is 9.38. The predicted octanol–water partition coefficient (Wildman–Crippen LogP) is 4.86. The smallest absolute Gasteiger partial charge is 0.166 e. The van der Waals surface area contributed by atoms with Crippen molar-refractivity contribution >= 4 is 34.0 Å². The molecule has 3 aromatic rings. The number of pyridine rings is 1. The van der Waals surface area contributed by atoms with Crippen molar-refractivity contribution in [3.8, 4) is 6.07 Å². The highest BCUT2D eigenvalue weighted by Gasteiger charge is 2.27.